The maximum absolute atomic E-state index is 6.31. The van der Waals surface area contributed by atoms with Gasteiger partial charge in [0, 0.05) is 6.04 Å². The van der Waals surface area contributed by atoms with Crippen LogP contribution in [-0.2, 0) is 0 Å². The summed E-state index contributed by atoms with van der Waals surface area (Å²) in [6.45, 7) is 10.4. The Hall–Kier alpha value is -0.890. The molecule has 0 radical (unpaired) electrons. The fourth-order valence-electron chi connectivity index (χ4n) is 2.19. The third-order valence-corrected chi connectivity index (χ3v) is 3.51. The Kier molecular flexibility index (Phi) is 3.53. The van der Waals surface area contributed by atoms with E-state index in [4.69, 9.17) is 16.3 Å². The fraction of sp³-hybridized carbons (Fsp3) is 0.571. The van der Waals surface area contributed by atoms with E-state index in [9.17, 15) is 0 Å². The topological polar surface area (TPSA) is 12.5 Å². The van der Waals surface area contributed by atoms with Crippen molar-refractivity contribution in [1.29, 1.82) is 0 Å². The summed E-state index contributed by atoms with van der Waals surface area (Å²) in [5.74, 6) is 1.32. The molecule has 1 aromatic carbocycles. The Balaban J connectivity index is 2.51. The van der Waals surface area contributed by atoms with Crippen molar-refractivity contribution in [3.63, 3.8) is 0 Å². The quantitative estimate of drug-likeness (QED) is 0.788. The summed E-state index contributed by atoms with van der Waals surface area (Å²) in [6, 6.07) is 4.70. The number of fused-ring (bicyclic) bond motifs is 1. The second kappa shape index (κ2) is 4.77. The zero-order valence-corrected chi connectivity index (χ0v) is 11.7. The van der Waals surface area contributed by atoms with Gasteiger partial charge in [0.1, 0.15) is 6.61 Å². The molecule has 0 spiro atoms. The zero-order valence-electron chi connectivity index (χ0n) is 11.0. The van der Waals surface area contributed by atoms with Gasteiger partial charge in [0.15, 0.2) is 5.75 Å². The van der Waals surface area contributed by atoms with Crippen LogP contribution in [0.1, 0.15) is 39.2 Å². The van der Waals surface area contributed by atoms with Crippen LogP contribution in [0.15, 0.2) is 12.1 Å². The van der Waals surface area contributed by atoms with E-state index < -0.39 is 0 Å². The lowest BCUT2D eigenvalue weighted by Crippen LogP contribution is -2.38. The predicted octanol–water partition coefficient (Wildman–Crippen LogP) is 4.07. The molecule has 0 amide bonds. The van der Waals surface area contributed by atoms with Crippen molar-refractivity contribution in [2.75, 3.05) is 18.1 Å². The van der Waals surface area contributed by atoms with E-state index in [2.05, 4.69) is 38.7 Å². The van der Waals surface area contributed by atoms with E-state index >= 15 is 0 Å². The SMILES string of the molecule is CC(C)c1cc(Cl)c2c(c1)N(C(C)C)CCO2. The van der Waals surface area contributed by atoms with Crippen molar-refractivity contribution < 1.29 is 4.74 Å². The maximum atomic E-state index is 6.31. The highest BCUT2D eigenvalue weighted by atomic mass is 35.5. The summed E-state index contributed by atoms with van der Waals surface area (Å²) in [5, 5.41) is 0.733. The highest BCUT2D eigenvalue weighted by molar-refractivity contribution is 6.32. The van der Waals surface area contributed by atoms with Crippen molar-refractivity contribution in [3.05, 3.63) is 22.7 Å². The third kappa shape index (κ3) is 2.37. The third-order valence-electron chi connectivity index (χ3n) is 3.22. The Morgan fingerprint density at radius 3 is 2.53 bits per heavy atom. The number of nitrogens with zero attached hydrogens (tertiary/aromatic N) is 1. The Bertz CT molecular complexity index is 415. The van der Waals surface area contributed by atoms with Gasteiger partial charge < -0.3 is 9.64 Å². The minimum Gasteiger partial charge on any atom is -0.488 e. The van der Waals surface area contributed by atoms with E-state index in [1.165, 1.54) is 5.56 Å². The summed E-state index contributed by atoms with van der Waals surface area (Å²) in [6.07, 6.45) is 0. The molecule has 0 aliphatic carbocycles. The average Bonchev–Trinajstić information content (AvgIpc) is 2.27. The normalized spacial score (nSPS) is 15.1. The number of hydrogen-bond acceptors (Lipinski definition) is 2. The van der Waals surface area contributed by atoms with Gasteiger partial charge in [0.2, 0.25) is 0 Å². The predicted molar refractivity (Wildman–Crippen MR) is 73.5 cm³/mol. The van der Waals surface area contributed by atoms with E-state index in [-0.39, 0.29) is 0 Å². The largest absolute Gasteiger partial charge is 0.488 e. The Morgan fingerprint density at radius 2 is 1.94 bits per heavy atom. The molecule has 2 rings (SSSR count). The smallest absolute Gasteiger partial charge is 0.161 e. The van der Waals surface area contributed by atoms with Gasteiger partial charge >= 0.3 is 0 Å². The summed E-state index contributed by atoms with van der Waals surface area (Å²) in [4.78, 5) is 2.36. The molecule has 1 aromatic rings. The second-order valence-corrected chi connectivity index (χ2v) is 5.55. The first kappa shape index (κ1) is 12.6. The summed E-state index contributed by atoms with van der Waals surface area (Å²) in [5.41, 5.74) is 2.41. The maximum Gasteiger partial charge on any atom is 0.161 e. The summed E-state index contributed by atoms with van der Waals surface area (Å²) < 4.78 is 5.70. The molecular formula is C14H20ClNO. The van der Waals surface area contributed by atoms with Crippen molar-refractivity contribution in [3.8, 4) is 5.75 Å². The van der Waals surface area contributed by atoms with Crippen LogP contribution in [0.25, 0.3) is 0 Å². The monoisotopic (exact) mass is 253 g/mol. The van der Waals surface area contributed by atoms with E-state index in [0.29, 0.717) is 18.6 Å². The molecule has 0 saturated carbocycles. The lowest BCUT2D eigenvalue weighted by Gasteiger charge is -2.35. The highest BCUT2D eigenvalue weighted by Gasteiger charge is 2.23. The number of halogens is 1. The van der Waals surface area contributed by atoms with Crippen LogP contribution in [0.5, 0.6) is 5.75 Å². The first-order valence-corrected chi connectivity index (χ1v) is 6.61. The van der Waals surface area contributed by atoms with Crippen molar-refractivity contribution >= 4 is 17.3 Å². The Labute approximate surface area is 109 Å². The van der Waals surface area contributed by atoms with Crippen molar-refractivity contribution in [2.24, 2.45) is 0 Å². The number of anilines is 1. The van der Waals surface area contributed by atoms with Crippen LogP contribution in [0, 0.1) is 0 Å². The molecule has 1 heterocycles. The first-order chi connectivity index (χ1) is 8.00. The lowest BCUT2D eigenvalue weighted by atomic mass is 10.0. The minimum absolute atomic E-state index is 0.469. The number of ether oxygens (including phenoxy) is 1. The molecule has 3 heteroatoms. The van der Waals surface area contributed by atoms with Crippen LogP contribution in [0.2, 0.25) is 5.02 Å². The molecule has 0 bridgehead atoms. The molecular weight excluding hydrogens is 234 g/mol. The van der Waals surface area contributed by atoms with Crippen LogP contribution < -0.4 is 9.64 Å². The molecule has 0 aromatic heterocycles. The fourth-order valence-corrected chi connectivity index (χ4v) is 2.47. The summed E-state index contributed by atoms with van der Waals surface area (Å²) >= 11 is 6.31. The number of hydrogen-bond donors (Lipinski definition) is 0. The zero-order chi connectivity index (χ0) is 12.6. The van der Waals surface area contributed by atoms with Gasteiger partial charge in [-0.05, 0) is 37.5 Å². The van der Waals surface area contributed by atoms with Gasteiger partial charge in [0.05, 0.1) is 17.3 Å². The van der Waals surface area contributed by atoms with Gasteiger partial charge in [-0.1, -0.05) is 25.4 Å². The van der Waals surface area contributed by atoms with Gasteiger partial charge in [0.25, 0.3) is 0 Å². The van der Waals surface area contributed by atoms with Gasteiger partial charge in [-0.3, -0.25) is 0 Å². The van der Waals surface area contributed by atoms with E-state index in [0.717, 1.165) is 23.0 Å². The standard InChI is InChI=1S/C14H20ClNO/c1-9(2)11-7-12(15)14-13(8-11)16(10(3)4)5-6-17-14/h7-10H,5-6H2,1-4H3. The van der Waals surface area contributed by atoms with Gasteiger partial charge in [-0.25, -0.2) is 0 Å². The molecule has 0 fully saturated rings. The second-order valence-electron chi connectivity index (χ2n) is 5.14. The van der Waals surface area contributed by atoms with E-state index in [1.54, 1.807) is 0 Å². The Morgan fingerprint density at radius 1 is 1.24 bits per heavy atom. The van der Waals surface area contributed by atoms with Crippen molar-refractivity contribution in [1.82, 2.24) is 0 Å². The molecule has 1 aliphatic heterocycles. The van der Waals surface area contributed by atoms with Crippen LogP contribution in [-0.4, -0.2) is 19.2 Å². The average molecular weight is 254 g/mol. The molecule has 94 valence electrons. The minimum atomic E-state index is 0.469. The van der Waals surface area contributed by atoms with Crippen LogP contribution in [0.3, 0.4) is 0 Å². The molecule has 1 aliphatic rings. The number of rotatable bonds is 2. The molecule has 0 unspecified atom stereocenters. The molecule has 0 atom stereocenters. The molecule has 17 heavy (non-hydrogen) atoms. The highest BCUT2D eigenvalue weighted by Crippen LogP contribution is 2.41. The molecule has 2 nitrogen and oxygen atoms in total. The van der Waals surface area contributed by atoms with Crippen LogP contribution in [0.4, 0.5) is 5.69 Å². The van der Waals surface area contributed by atoms with Gasteiger partial charge in [-0.15, -0.1) is 0 Å². The van der Waals surface area contributed by atoms with Crippen molar-refractivity contribution in [2.45, 2.75) is 39.7 Å². The van der Waals surface area contributed by atoms with E-state index in [1.807, 2.05) is 6.07 Å². The molecule has 0 saturated heterocycles. The molecule has 0 N–H and O–H groups in total. The lowest BCUT2D eigenvalue weighted by molar-refractivity contribution is 0.303. The van der Waals surface area contributed by atoms with Gasteiger partial charge in [-0.2, -0.15) is 0 Å². The number of benzene rings is 1. The first-order valence-electron chi connectivity index (χ1n) is 6.23. The van der Waals surface area contributed by atoms with Crippen LogP contribution >= 0.6 is 11.6 Å². The summed E-state index contributed by atoms with van der Waals surface area (Å²) in [7, 11) is 0.